The first kappa shape index (κ1) is 15.5. The lowest BCUT2D eigenvalue weighted by molar-refractivity contribution is -0.925. The van der Waals surface area contributed by atoms with Crippen LogP contribution in [-0.2, 0) is 4.79 Å². The highest BCUT2D eigenvalue weighted by Gasteiger charge is 2.32. The maximum atomic E-state index is 12.4. The second-order valence-electron chi connectivity index (χ2n) is 6.41. The van der Waals surface area contributed by atoms with Crippen molar-refractivity contribution in [2.75, 3.05) is 18.4 Å². The number of rotatable bonds is 3. The molecule has 112 valence electrons. The van der Waals surface area contributed by atoms with Crippen molar-refractivity contribution in [3.8, 4) is 6.07 Å². The predicted octanol–water partition coefficient (Wildman–Crippen LogP) is 1.45. The Morgan fingerprint density at radius 3 is 2.38 bits per heavy atom. The monoisotopic (exact) mass is 286 g/mol. The second kappa shape index (κ2) is 6.73. The first-order valence-corrected chi connectivity index (χ1v) is 7.65. The summed E-state index contributed by atoms with van der Waals surface area (Å²) < 4.78 is 0. The lowest BCUT2D eigenvalue weighted by Crippen LogP contribution is -3.18. The number of hydrogen-bond acceptors (Lipinski definition) is 2. The van der Waals surface area contributed by atoms with Crippen LogP contribution in [0.5, 0.6) is 0 Å². The van der Waals surface area contributed by atoms with Gasteiger partial charge in [-0.2, -0.15) is 5.26 Å². The number of anilines is 1. The summed E-state index contributed by atoms with van der Waals surface area (Å²) in [5.74, 6) is 1.40. The smallest absolute Gasteiger partial charge is 0.282 e. The number of likely N-dealkylation sites (tertiary alicyclic amines) is 1. The fraction of sp³-hybridized carbons (Fsp3) is 0.529. The average Bonchev–Trinajstić information content (AvgIpc) is 2.46. The molecule has 3 atom stereocenters. The van der Waals surface area contributed by atoms with E-state index in [1.165, 1.54) is 11.3 Å². The van der Waals surface area contributed by atoms with Gasteiger partial charge < -0.3 is 10.2 Å². The number of amides is 1. The van der Waals surface area contributed by atoms with Crippen molar-refractivity contribution < 1.29 is 9.69 Å². The number of piperidine rings is 1. The molecule has 1 aliphatic heterocycles. The van der Waals surface area contributed by atoms with E-state index in [1.54, 1.807) is 24.3 Å². The van der Waals surface area contributed by atoms with E-state index in [0.717, 1.165) is 18.8 Å². The summed E-state index contributed by atoms with van der Waals surface area (Å²) in [6.07, 6.45) is 1.26. The molecule has 0 spiro atoms. The first-order chi connectivity index (χ1) is 9.99. The molecular weight excluding hydrogens is 262 g/mol. The molecule has 1 saturated heterocycles. The van der Waals surface area contributed by atoms with Gasteiger partial charge in [0, 0.05) is 17.5 Å². The molecule has 2 N–H and O–H groups in total. The van der Waals surface area contributed by atoms with Gasteiger partial charge in [0.25, 0.3) is 5.91 Å². The fourth-order valence-electron chi connectivity index (χ4n) is 3.25. The molecule has 4 heteroatoms. The van der Waals surface area contributed by atoms with Gasteiger partial charge >= 0.3 is 0 Å². The average molecular weight is 286 g/mol. The number of nitrogens with one attached hydrogen (secondary N) is 2. The van der Waals surface area contributed by atoms with E-state index in [0.29, 0.717) is 17.4 Å². The second-order valence-corrected chi connectivity index (χ2v) is 6.41. The van der Waals surface area contributed by atoms with Crippen LogP contribution in [0.4, 0.5) is 5.69 Å². The molecule has 1 aromatic carbocycles. The van der Waals surface area contributed by atoms with E-state index >= 15 is 0 Å². The van der Waals surface area contributed by atoms with Crippen molar-refractivity contribution in [1.29, 1.82) is 5.26 Å². The van der Waals surface area contributed by atoms with Gasteiger partial charge in [-0.3, -0.25) is 4.79 Å². The zero-order valence-electron chi connectivity index (χ0n) is 13.0. The van der Waals surface area contributed by atoms with E-state index in [1.807, 2.05) is 6.92 Å². The summed E-state index contributed by atoms with van der Waals surface area (Å²) in [6.45, 7) is 8.65. The lowest BCUT2D eigenvalue weighted by atomic mass is 9.91. The lowest BCUT2D eigenvalue weighted by Gasteiger charge is -2.35. The zero-order valence-corrected chi connectivity index (χ0v) is 13.0. The normalized spacial score (nSPS) is 26.7. The van der Waals surface area contributed by atoms with Crippen molar-refractivity contribution in [2.45, 2.75) is 33.2 Å². The van der Waals surface area contributed by atoms with E-state index in [-0.39, 0.29) is 11.9 Å². The predicted molar refractivity (Wildman–Crippen MR) is 82.9 cm³/mol. The Kier molecular flexibility index (Phi) is 4.98. The van der Waals surface area contributed by atoms with E-state index in [9.17, 15) is 4.79 Å². The fourth-order valence-corrected chi connectivity index (χ4v) is 3.25. The number of quaternary nitrogens is 1. The number of nitriles is 1. The molecule has 0 radical (unpaired) electrons. The highest BCUT2D eigenvalue weighted by molar-refractivity contribution is 5.93. The summed E-state index contributed by atoms with van der Waals surface area (Å²) in [5.41, 5.74) is 1.36. The zero-order chi connectivity index (χ0) is 15.4. The third-order valence-electron chi connectivity index (χ3n) is 4.31. The van der Waals surface area contributed by atoms with Gasteiger partial charge in [0.15, 0.2) is 6.04 Å². The Balaban J connectivity index is 1.97. The van der Waals surface area contributed by atoms with Crippen molar-refractivity contribution in [2.24, 2.45) is 11.8 Å². The Hall–Kier alpha value is -1.86. The molecule has 4 nitrogen and oxygen atoms in total. The van der Waals surface area contributed by atoms with Crippen LogP contribution in [0.15, 0.2) is 24.3 Å². The van der Waals surface area contributed by atoms with E-state index < -0.39 is 0 Å². The maximum Gasteiger partial charge on any atom is 0.282 e. The van der Waals surface area contributed by atoms with Crippen LogP contribution >= 0.6 is 0 Å². The molecule has 21 heavy (non-hydrogen) atoms. The molecule has 0 bridgehead atoms. The minimum Gasteiger partial charge on any atom is -0.324 e. The number of carbonyl (C=O) groups excluding carboxylic acids is 1. The topological polar surface area (TPSA) is 57.3 Å². The molecule has 1 heterocycles. The molecule has 0 aromatic heterocycles. The van der Waals surface area contributed by atoms with Gasteiger partial charge in [-0.05, 0) is 37.6 Å². The van der Waals surface area contributed by atoms with Crippen LogP contribution in [0.2, 0.25) is 0 Å². The molecule has 0 unspecified atom stereocenters. The number of benzene rings is 1. The summed E-state index contributed by atoms with van der Waals surface area (Å²) in [6, 6.07) is 9.02. The quantitative estimate of drug-likeness (QED) is 0.883. The van der Waals surface area contributed by atoms with Gasteiger partial charge in [-0.15, -0.1) is 0 Å². The third kappa shape index (κ3) is 4.05. The molecule has 1 aliphatic rings. The highest BCUT2D eigenvalue weighted by Crippen LogP contribution is 2.13. The van der Waals surface area contributed by atoms with Crippen LogP contribution in [-0.4, -0.2) is 25.0 Å². The number of nitrogens with zero attached hydrogens (tertiary/aromatic N) is 1. The van der Waals surface area contributed by atoms with Gasteiger partial charge in [-0.25, -0.2) is 0 Å². The molecule has 1 amide bonds. The summed E-state index contributed by atoms with van der Waals surface area (Å²) >= 11 is 0. The Labute approximate surface area is 126 Å². The highest BCUT2D eigenvalue weighted by atomic mass is 16.2. The molecule has 0 aliphatic carbocycles. The largest absolute Gasteiger partial charge is 0.324 e. The van der Waals surface area contributed by atoms with Crippen molar-refractivity contribution in [1.82, 2.24) is 0 Å². The maximum absolute atomic E-state index is 12.4. The Morgan fingerprint density at radius 1 is 1.29 bits per heavy atom. The van der Waals surface area contributed by atoms with Crippen LogP contribution < -0.4 is 10.2 Å². The summed E-state index contributed by atoms with van der Waals surface area (Å²) in [7, 11) is 0. The van der Waals surface area contributed by atoms with Crippen molar-refractivity contribution >= 4 is 11.6 Å². The SMILES string of the molecule is C[C@@H]1C[C@@H](C)C[NH+]([C@@H](C)C(=O)Nc2ccc(C#N)cc2)C1. The van der Waals surface area contributed by atoms with E-state index in [2.05, 4.69) is 25.2 Å². The van der Waals surface area contributed by atoms with Crippen molar-refractivity contribution in [3.63, 3.8) is 0 Å². The minimum absolute atomic E-state index is 0.0501. The third-order valence-corrected chi connectivity index (χ3v) is 4.31. The van der Waals surface area contributed by atoms with E-state index in [4.69, 9.17) is 5.26 Å². The Morgan fingerprint density at radius 2 is 1.86 bits per heavy atom. The molecule has 0 saturated carbocycles. The van der Waals surface area contributed by atoms with Gasteiger partial charge in [0.2, 0.25) is 0 Å². The Bertz CT molecular complexity index is 522. The van der Waals surface area contributed by atoms with Crippen LogP contribution in [0.1, 0.15) is 32.8 Å². The van der Waals surface area contributed by atoms with Crippen LogP contribution in [0, 0.1) is 23.2 Å². The number of carbonyl (C=O) groups is 1. The van der Waals surface area contributed by atoms with Gasteiger partial charge in [0.1, 0.15) is 0 Å². The molecule has 2 rings (SSSR count). The summed E-state index contributed by atoms with van der Waals surface area (Å²) in [5, 5.41) is 11.7. The van der Waals surface area contributed by atoms with Gasteiger partial charge in [-0.1, -0.05) is 13.8 Å². The van der Waals surface area contributed by atoms with Crippen LogP contribution in [0.25, 0.3) is 0 Å². The van der Waals surface area contributed by atoms with Crippen molar-refractivity contribution in [3.05, 3.63) is 29.8 Å². The standard InChI is InChI=1S/C17H23N3O/c1-12-8-13(2)11-20(10-12)14(3)17(21)19-16-6-4-15(9-18)5-7-16/h4-7,12-14H,8,10-11H2,1-3H3,(H,19,21)/p+1/t12-,13-,14+/m1/s1. The van der Waals surface area contributed by atoms with Gasteiger partial charge in [0.05, 0.1) is 24.7 Å². The minimum atomic E-state index is -0.0501. The molecule has 1 aromatic rings. The first-order valence-electron chi connectivity index (χ1n) is 7.65. The molecular formula is C17H24N3O+. The number of hydrogen-bond donors (Lipinski definition) is 2. The van der Waals surface area contributed by atoms with Crippen LogP contribution in [0.3, 0.4) is 0 Å². The molecule has 1 fully saturated rings. The summed E-state index contributed by atoms with van der Waals surface area (Å²) in [4.78, 5) is 13.8.